The van der Waals surface area contributed by atoms with Crippen molar-refractivity contribution in [1.29, 1.82) is 0 Å². The Balaban J connectivity index is 1.39. The fourth-order valence-corrected chi connectivity index (χ4v) is 4.50. The van der Waals surface area contributed by atoms with E-state index in [1.807, 2.05) is 67.0 Å². The summed E-state index contributed by atoms with van der Waals surface area (Å²) in [6.45, 7) is 2.41. The Morgan fingerprint density at radius 1 is 1.10 bits per heavy atom. The summed E-state index contributed by atoms with van der Waals surface area (Å²) in [7, 11) is 0. The zero-order chi connectivity index (χ0) is 20.7. The van der Waals surface area contributed by atoms with E-state index in [9.17, 15) is 9.59 Å². The summed E-state index contributed by atoms with van der Waals surface area (Å²) in [6, 6.07) is 15.5. The standard InChI is InChI=1S/C22H19N5O2S/c1-2-26-18-9-5-6-10-19(18)27(22(26)29)12-20(28)25-21-24-17(13-30-21)15-11-23-16-8-4-3-7-14(15)16/h3-11,13,23H,2,12H2,1H3,(H,24,25,28). The molecular formula is C22H19N5O2S. The molecule has 0 aliphatic carbocycles. The van der Waals surface area contributed by atoms with Gasteiger partial charge in [0.2, 0.25) is 5.91 Å². The van der Waals surface area contributed by atoms with Crippen LogP contribution in [0.25, 0.3) is 33.2 Å². The minimum absolute atomic E-state index is 0.0612. The second kappa shape index (κ2) is 7.31. The first-order valence-corrected chi connectivity index (χ1v) is 10.5. The molecule has 7 nitrogen and oxygen atoms in total. The van der Waals surface area contributed by atoms with Crippen LogP contribution in [0.2, 0.25) is 0 Å². The zero-order valence-electron chi connectivity index (χ0n) is 16.3. The molecule has 0 radical (unpaired) electrons. The smallest absolute Gasteiger partial charge is 0.329 e. The summed E-state index contributed by atoms with van der Waals surface area (Å²) in [5, 5.41) is 6.34. The molecular weight excluding hydrogens is 398 g/mol. The van der Waals surface area contributed by atoms with Gasteiger partial charge in [0.05, 0.1) is 16.7 Å². The SMILES string of the molecule is CCn1c(=O)n(CC(=O)Nc2nc(-c3c[nH]c4ccccc34)cs2)c2ccccc21. The number of anilines is 1. The van der Waals surface area contributed by atoms with Crippen molar-refractivity contribution in [2.24, 2.45) is 0 Å². The first kappa shape index (κ1) is 18.4. The van der Waals surface area contributed by atoms with Crippen LogP contribution in [-0.4, -0.2) is 25.0 Å². The van der Waals surface area contributed by atoms with Crippen molar-refractivity contribution >= 4 is 44.3 Å². The number of aromatic amines is 1. The van der Waals surface area contributed by atoms with Crippen molar-refractivity contribution < 1.29 is 4.79 Å². The maximum absolute atomic E-state index is 12.7. The van der Waals surface area contributed by atoms with Gasteiger partial charge < -0.3 is 10.3 Å². The molecule has 0 unspecified atom stereocenters. The lowest BCUT2D eigenvalue weighted by Crippen LogP contribution is -2.29. The number of benzene rings is 2. The highest BCUT2D eigenvalue weighted by molar-refractivity contribution is 7.14. The summed E-state index contributed by atoms with van der Waals surface area (Å²) >= 11 is 1.36. The van der Waals surface area contributed by atoms with Crippen LogP contribution in [0.15, 0.2) is 64.9 Å². The number of fused-ring (bicyclic) bond motifs is 2. The summed E-state index contributed by atoms with van der Waals surface area (Å²) in [5.41, 5.74) is 4.22. The number of nitrogens with one attached hydrogen (secondary N) is 2. The number of nitrogens with zero attached hydrogens (tertiary/aromatic N) is 3. The zero-order valence-corrected chi connectivity index (χ0v) is 17.1. The van der Waals surface area contributed by atoms with Gasteiger partial charge >= 0.3 is 5.69 Å². The number of aryl methyl sites for hydroxylation is 1. The Morgan fingerprint density at radius 3 is 2.63 bits per heavy atom. The van der Waals surface area contributed by atoms with Gasteiger partial charge in [-0.15, -0.1) is 11.3 Å². The molecule has 0 atom stereocenters. The molecule has 0 aliphatic heterocycles. The van der Waals surface area contributed by atoms with Gasteiger partial charge in [-0.3, -0.25) is 13.9 Å². The molecule has 5 aromatic rings. The van der Waals surface area contributed by atoms with Crippen molar-refractivity contribution in [1.82, 2.24) is 19.1 Å². The minimum atomic E-state index is -0.282. The van der Waals surface area contributed by atoms with Crippen LogP contribution in [0.5, 0.6) is 0 Å². The Kier molecular flexibility index (Phi) is 4.48. The molecule has 8 heteroatoms. The van der Waals surface area contributed by atoms with Crippen LogP contribution in [-0.2, 0) is 17.9 Å². The molecule has 0 saturated carbocycles. The maximum Gasteiger partial charge on any atom is 0.329 e. The number of aromatic nitrogens is 4. The molecule has 0 aliphatic rings. The topological polar surface area (TPSA) is 84.7 Å². The van der Waals surface area contributed by atoms with Gasteiger partial charge in [0.1, 0.15) is 6.54 Å². The van der Waals surface area contributed by atoms with E-state index in [-0.39, 0.29) is 18.1 Å². The highest BCUT2D eigenvalue weighted by atomic mass is 32.1. The number of hydrogen-bond donors (Lipinski definition) is 2. The third-order valence-corrected chi connectivity index (χ3v) is 5.92. The first-order valence-electron chi connectivity index (χ1n) is 9.65. The number of para-hydroxylation sites is 3. The van der Waals surface area contributed by atoms with E-state index in [1.165, 1.54) is 15.9 Å². The van der Waals surface area contributed by atoms with Gasteiger partial charge in [0.25, 0.3) is 0 Å². The fourth-order valence-electron chi connectivity index (χ4n) is 3.77. The summed E-state index contributed by atoms with van der Waals surface area (Å²) < 4.78 is 3.17. The molecule has 0 saturated heterocycles. The minimum Gasteiger partial charge on any atom is -0.360 e. The number of imidazole rings is 1. The largest absolute Gasteiger partial charge is 0.360 e. The summed E-state index contributed by atoms with van der Waals surface area (Å²) in [6.07, 6.45) is 1.92. The van der Waals surface area contributed by atoms with Crippen molar-refractivity contribution in [2.45, 2.75) is 20.0 Å². The van der Waals surface area contributed by atoms with Crippen LogP contribution in [0.3, 0.4) is 0 Å². The molecule has 2 N–H and O–H groups in total. The van der Waals surface area contributed by atoms with Crippen LogP contribution in [0, 0.1) is 0 Å². The molecule has 30 heavy (non-hydrogen) atoms. The van der Waals surface area contributed by atoms with Gasteiger partial charge in [-0.2, -0.15) is 0 Å². The van der Waals surface area contributed by atoms with E-state index in [0.717, 1.165) is 33.2 Å². The normalized spacial score (nSPS) is 11.4. The number of H-pyrrole nitrogens is 1. The highest BCUT2D eigenvalue weighted by Crippen LogP contribution is 2.30. The summed E-state index contributed by atoms with van der Waals surface area (Å²) in [4.78, 5) is 33.2. The Hall–Kier alpha value is -3.65. The van der Waals surface area contributed by atoms with E-state index < -0.39 is 0 Å². The van der Waals surface area contributed by atoms with E-state index >= 15 is 0 Å². The predicted octanol–water partition coefficient (Wildman–Crippen LogP) is 4.07. The second-order valence-electron chi connectivity index (χ2n) is 6.94. The predicted molar refractivity (Wildman–Crippen MR) is 120 cm³/mol. The molecule has 3 aromatic heterocycles. The third-order valence-electron chi connectivity index (χ3n) is 5.16. The van der Waals surface area contributed by atoms with Gasteiger partial charge in [0, 0.05) is 34.6 Å². The van der Waals surface area contributed by atoms with Crippen molar-refractivity contribution in [3.8, 4) is 11.3 Å². The van der Waals surface area contributed by atoms with Gasteiger partial charge in [0.15, 0.2) is 5.13 Å². The number of carbonyl (C=O) groups excluding carboxylic acids is 1. The van der Waals surface area contributed by atoms with Crippen molar-refractivity contribution in [3.63, 3.8) is 0 Å². The lowest BCUT2D eigenvalue weighted by Gasteiger charge is -2.03. The lowest BCUT2D eigenvalue weighted by molar-refractivity contribution is -0.116. The number of rotatable bonds is 5. The molecule has 0 bridgehead atoms. The van der Waals surface area contributed by atoms with E-state index in [1.54, 1.807) is 4.57 Å². The van der Waals surface area contributed by atoms with Gasteiger partial charge in [-0.25, -0.2) is 9.78 Å². The molecule has 1 amide bonds. The highest BCUT2D eigenvalue weighted by Gasteiger charge is 2.16. The number of carbonyl (C=O) groups is 1. The molecule has 5 rings (SSSR count). The number of amides is 1. The molecule has 3 heterocycles. The van der Waals surface area contributed by atoms with Gasteiger partial charge in [-0.1, -0.05) is 30.3 Å². The van der Waals surface area contributed by atoms with E-state index in [2.05, 4.69) is 15.3 Å². The Morgan fingerprint density at radius 2 is 1.83 bits per heavy atom. The summed E-state index contributed by atoms with van der Waals surface area (Å²) in [5.74, 6) is -0.282. The Bertz CT molecular complexity index is 1440. The van der Waals surface area contributed by atoms with Crippen LogP contribution in [0.1, 0.15) is 6.92 Å². The molecule has 0 fully saturated rings. The third kappa shape index (κ3) is 3.02. The number of hydrogen-bond acceptors (Lipinski definition) is 4. The van der Waals surface area contributed by atoms with Crippen molar-refractivity contribution in [2.75, 3.05) is 5.32 Å². The average Bonchev–Trinajstić information content (AvgIpc) is 3.45. The van der Waals surface area contributed by atoms with Crippen molar-refractivity contribution in [3.05, 3.63) is 70.6 Å². The monoisotopic (exact) mass is 417 g/mol. The van der Waals surface area contributed by atoms with Crippen LogP contribution in [0.4, 0.5) is 5.13 Å². The maximum atomic E-state index is 12.7. The van der Waals surface area contributed by atoms with Crippen LogP contribution < -0.4 is 11.0 Å². The molecule has 0 spiro atoms. The lowest BCUT2D eigenvalue weighted by atomic mass is 10.1. The van der Waals surface area contributed by atoms with Gasteiger partial charge in [-0.05, 0) is 25.1 Å². The van der Waals surface area contributed by atoms with E-state index in [4.69, 9.17) is 0 Å². The first-order chi connectivity index (χ1) is 14.7. The molecule has 150 valence electrons. The fraction of sp³-hybridized carbons (Fsp3) is 0.136. The Labute approximate surface area is 175 Å². The average molecular weight is 417 g/mol. The van der Waals surface area contributed by atoms with Crippen LogP contribution >= 0.6 is 11.3 Å². The number of thiazole rings is 1. The second-order valence-corrected chi connectivity index (χ2v) is 7.79. The molecule has 2 aromatic carbocycles. The van der Waals surface area contributed by atoms with E-state index in [0.29, 0.717) is 11.7 Å². The quantitative estimate of drug-likeness (QED) is 0.452.